The maximum Gasteiger partial charge on any atom is 0.208 e. The lowest BCUT2D eigenvalue weighted by Crippen LogP contribution is -2.26. The molecule has 3 N–H and O–H groups in total. The largest absolute Gasteiger partial charge is 0.361 e. The average molecular weight is 379 g/mol. The summed E-state index contributed by atoms with van der Waals surface area (Å²) in [4.78, 5) is 5.41. The van der Waals surface area contributed by atoms with Gasteiger partial charge < -0.3 is 15.6 Å². The number of H-pyrrole nitrogens is 1. The van der Waals surface area contributed by atoms with Gasteiger partial charge in [-0.25, -0.2) is 4.39 Å². The van der Waals surface area contributed by atoms with Crippen molar-refractivity contribution in [2.45, 2.75) is 12.5 Å². The Morgan fingerprint density at radius 1 is 1.15 bits per heavy atom. The summed E-state index contributed by atoms with van der Waals surface area (Å²) in [6, 6.07) is 13.1. The highest BCUT2D eigenvalue weighted by molar-refractivity contribution is 7.18. The zero-order valence-electron chi connectivity index (χ0n) is 14.5. The molecule has 136 valence electrons. The summed E-state index contributed by atoms with van der Waals surface area (Å²) < 4.78 is 14.3. The fourth-order valence-electron chi connectivity index (χ4n) is 3.58. The Bertz CT molecular complexity index is 1120. The van der Waals surface area contributed by atoms with Crippen molar-refractivity contribution in [3.63, 3.8) is 0 Å². The number of hydrogen-bond donors (Lipinski definition) is 2. The van der Waals surface area contributed by atoms with Gasteiger partial charge in [0.05, 0.1) is 0 Å². The predicted molar refractivity (Wildman–Crippen MR) is 107 cm³/mol. The maximum absolute atomic E-state index is 14.3. The molecule has 5 nitrogen and oxygen atoms in total. The van der Waals surface area contributed by atoms with Gasteiger partial charge in [0, 0.05) is 52.9 Å². The third-order valence-corrected chi connectivity index (χ3v) is 6.04. The van der Waals surface area contributed by atoms with Crippen molar-refractivity contribution in [2.24, 2.45) is 5.73 Å². The van der Waals surface area contributed by atoms with E-state index < -0.39 is 0 Å². The molecule has 0 aliphatic carbocycles. The third-order valence-electron chi connectivity index (χ3n) is 5.00. The van der Waals surface area contributed by atoms with Crippen molar-refractivity contribution >= 4 is 27.4 Å². The van der Waals surface area contributed by atoms with E-state index in [0.29, 0.717) is 5.56 Å². The molecule has 0 saturated carbocycles. The summed E-state index contributed by atoms with van der Waals surface area (Å²) in [5.41, 5.74) is 9.37. The summed E-state index contributed by atoms with van der Waals surface area (Å²) >= 11 is 1.57. The first kappa shape index (κ1) is 16.4. The number of fused-ring (bicyclic) bond motifs is 1. The number of rotatable bonds is 3. The molecule has 1 aliphatic rings. The van der Waals surface area contributed by atoms with Crippen LogP contribution >= 0.6 is 11.3 Å². The molecule has 3 heterocycles. The number of hydrogen-bond acceptors (Lipinski definition) is 5. The van der Waals surface area contributed by atoms with Crippen molar-refractivity contribution in [1.82, 2.24) is 15.2 Å². The minimum atomic E-state index is -0.229. The Labute approximate surface area is 159 Å². The molecule has 4 aromatic rings. The van der Waals surface area contributed by atoms with Crippen molar-refractivity contribution in [3.8, 4) is 21.7 Å². The van der Waals surface area contributed by atoms with Crippen LogP contribution in [-0.4, -0.2) is 34.3 Å². The number of aromatic amines is 1. The smallest absolute Gasteiger partial charge is 0.208 e. The summed E-state index contributed by atoms with van der Waals surface area (Å²) in [5.74, 6) is -0.229. The van der Waals surface area contributed by atoms with Gasteiger partial charge in [-0.05, 0) is 30.7 Å². The van der Waals surface area contributed by atoms with Gasteiger partial charge in [0.2, 0.25) is 5.13 Å². The second-order valence-corrected chi connectivity index (χ2v) is 7.78. The highest BCUT2D eigenvalue weighted by Crippen LogP contribution is 2.35. The molecule has 1 atom stereocenters. The van der Waals surface area contributed by atoms with Gasteiger partial charge in [-0.3, -0.25) is 0 Å². The van der Waals surface area contributed by atoms with Crippen LogP contribution in [0.1, 0.15) is 6.42 Å². The summed E-state index contributed by atoms with van der Waals surface area (Å²) in [7, 11) is 0. The van der Waals surface area contributed by atoms with Crippen molar-refractivity contribution in [1.29, 1.82) is 0 Å². The first-order chi connectivity index (χ1) is 13.2. The predicted octanol–water partition coefficient (Wildman–Crippen LogP) is 4.03. The van der Waals surface area contributed by atoms with E-state index in [9.17, 15) is 4.39 Å². The topological polar surface area (TPSA) is 70.8 Å². The summed E-state index contributed by atoms with van der Waals surface area (Å²) in [6.07, 6.45) is 2.83. The lowest BCUT2D eigenvalue weighted by Gasteiger charge is -2.12. The monoisotopic (exact) mass is 379 g/mol. The Hall–Kier alpha value is -2.77. The zero-order chi connectivity index (χ0) is 18.4. The Morgan fingerprint density at radius 3 is 2.85 bits per heavy atom. The number of nitrogens with two attached hydrogens (primary N) is 1. The molecule has 1 fully saturated rings. The summed E-state index contributed by atoms with van der Waals surface area (Å²) in [6.45, 7) is 1.74. The lowest BCUT2D eigenvalue weighted by molar-refractivity contribution is 0.631. The normalized spacial score (nSPS) is 17.1. The fourth-order valence-corrected chi connectivity index (χ4v) is 4.45. The maximum atomic E-state index is 14.3. The molecular formula is C20H18FN5S. The number of nitrogens with zero attached hydrogens (tertiary/aromatic N) is 3. The van der Waals surface area contributed by atoms with Crippen LogP contribution in [-0.2, 0) is 0 Å². The molecule has 0 spiro atoms. The summed E-state index contributed by atoms with van der Waals surface area (Å²) in [5, 5.41) is 11.4. The van der Waals surface area contributed by atoms with Crippen molar-refractivity contribution < 1.29 is 4.39 Å². The van der Waals surface area contributed by atoms with Crippen LogP contribution in [0.15, 0.2) is 48.7 Å². The minimum absolute atomic E-state index is 0.205. The Kier molecular flexibility index (Phi) is 3.91. The molecule has 2 aromatic heterocycles. The van der Waals surface area contributed by atoms with E-state index in [1.165, 1.54) is 6.07 Å². The SMILES string of the molecule is N[C@H]1CCN(c2nnc(-c3ccc4[nH]cc(-c5ccccc5F)c4c3)s2)C1. The molecule has 27 heavy (non-hydrogen) atoms. The van der Waals surface area contributed by atoms with Crippen LogP contribution in [0.5, 0.6) is 0 Å². The van der Waals surface area contributed by atoms with E-state index in [0.717, 1.165) is 51.7 Å². The molecule has 5 rings (SSSR count). The lowest BCUT2D eigenvalue weighted by atomic mass is 10.0. The van der Waals surface area contributed by atoms with Crippen LogP contribution in [0.4, 0.5) is 9.52 Å². The Balaban J connectivity index is 1.54. The van der Waals surface area contributed by atoms with Crippen LogP contribution in [0.2, 0.25) is 0 Å². The van der Waals surface area contributed by atoms with E-state index >= 15 is 0 Å². The van der Waals surface area contributed by atoms with Crippen molar-refractivity contribution in [3.05, 3.63) is 54.5 Å². The number of anilines is 1. The number of halogens is 1. The standard InChI is InChI=1S/C20H18FN5S/c21-17-4-2-1-3-14(17)16-10-23-18-6-5-12(9-15(16)18)19-24-25-20(27-19)26-8-7-13(22)11-26/h1-6,9-10,13,23H,7-8,11,22H2/t13-/m0/s1. The van der Waals surface area contributed by atoms with Gasteiger partial charge in [0.15, 0.2) is 0 Å². The highest BCUT2D eigenvalue weighted by atomic mass is 32.1. The van der Waals surface area contributed by atoms with Gasteiger partial charge in [-0.1, -0.05) is 29.5 Å². The molecule has 0 bridgehead atoms. The number of benzene rings is 2. The van der Waals surface area contributed by atoms with Crippen LogP contribution in [0.25, 0.3) is 32.6 Å². The van der Waals surface area contributed by atoms with E-state index in [1.54, 1.807) is 23.5 Å². The molecule has 0 amide bonds. The Morgan fingerprint density at radius 2 is 2.04 bits per heavy atom. The molecule has 2 aromatic carbocycles. The van der Waals surface area contributed by atoms with E-state index in [1.807, 2.05) is 30.5 Å². The molecule has 1 aliphatic heterocycles. The zero-order valence-corrected chi connectivity index (χ0v) is 15.3. The van der Waals surface area contributed by atoms with Gasteiger partial charge in [0.25, 0.3) is 0 Å². The van der Waals surface area contributed by atoms with Crippen molar-refractivity contribution in [2.75, 3.05) is 18.0 Å². The fraction of sp³-hybridized carbons (Fsp3) is 0.200. The minimum Gasteiger partial charge on any atom is -0.361 e. The van der Waals surface area contributed by atoms with Gasteiger partial charge in [0.1, 0.15) is 10.8 Å². The number of nitrogens with one attached hydrogen (secondary N) is 1. The van der Waals surface area contributed by atoms with E-state index in [-0.39, 0.29) is 11.9 Å². The second kappa shape index (κ2) is 6.44. The van der Waals surface area contributed by atoms with Crippen LogP contribution < -0.4 is 10.6 Å². The van der Waals surface area contributed by atoms with Gasteiger partial charge in [-0.15, -0.1) is 10.2 Å². The van der Waals surface area contributed by atoms with Gasteiger partial charge in [-0.2, -0.15) is 0 Å². The molecular weight excluding hydrogens is 361 g/mol. The molecule has 7 heteroatoms. The first-order valence-corrected chi connectivity index (χ1v) is 9.71. The quantitative estimate of drug-likeness (QED) is 0.564. The molecule has 0 radical (unpaired) electrons. The van der Waals surface area contributed by atoms with Crippen LogP contribution in [0, 0.1) is 5.82 Å². The van der Waals surface area contributed by atoms with Gasteiger partial charge >= 0.3 is 0 Å². The van der Waals surface area contributed by atoms with E-state index in [4.69, 9.17) is 5.73 Å². The first-order valence-electron chi connectivity index (χ1n) is 8.89. The molecule has 0 unspecified atom stereocenters. The second-order valence-electron chi connectivity index (χ2n) is 6.83. The van der Waals surface area contributed by atoms with E-state index in [2.05, 4.69) is 20.1 Å². The van der Waals surface area contributed by atoms with Crippen LogP contribution in [0.3, 0.4) is 0 Å². The number of aromatic nitrogens is 3. The third kappa shape index (κ3) is 2.89. The molecule has 1 saturated heterocycles. The average Bonchev–Trinajstić information content (AvgIpc) is 3.40. The highest BCUT2D eigenvalue weighted by Gasteiger charge is 2.22.